The maximum absolute atomic E-state index is 6.66. The summed E-state index contributed by atoms with van der Waals surface area (Å²) in [5.41, 5.74) is 12.9. The van der Waals surface area contributed by atoms with E-state index in [1.54, 1.807) is 0 Å². The summed E-state index contributed by atoms with van der Waals surface area (Å²) in [4.78, 5) is 15.7. The van der Waals surface area contributed by atoms with Gasteiger partial charge in [-0.3, -0.25) is 0 Å². The first-order valence-corrected chi connectivity index (χ1v) is 18.5. The minimum atomic E-state index is 0.690. The van der Waals surface area contributed by atoms with E-state index >= 15 is 0 Å². The number of hydrogen-bond donors (Lipinski definition) is 0. The standard InChI is InChI=1S/C51H31N3O/c1-3-15-32(16-4-1)34-19-13-22-37(29-34)51-53-43-27-11-8-24-39(43)50(54-51)36-21-14-20-35(30-36)46-47-38-23-7-10-26-42(38)52-49(33-17-5-2-6-18-33)41(47)31-45-48(46)40-25-9-12-28-44(40)55-45/h1-31H. The Morgan fingerprint density at radius 2 is 0.873 bits per heavy atom. The topological polar surface area (TPSA) is 51.8 Å². The number of nitrogens with zero attached hydrogens (tertiary/aromatic N) is 3. The van der Waals surface area contributed by atoms with Gasteiger partial charge in [0.15, 0.2) is 5.82 Å². The zero-order valence-electron chi connectivity index (χ0n) is 29.6. The molecule has 4 heteroatoms. The first kappa shape index (κ1) is 31.1. The molecule has 0 bridgehead atoms. The number of benzene rings is 8. The van der Waals surface area contributed by atoms with Gasteiger partial charge < -0.3 is 4.42 Å². The van der Waals surface area contributed by atoms with Crippen molar-refractivity contribution in [3.8, 4) is 56.2 Å². The Morgan fingerprint density at radius 3 is 1.67 bits per heavy atom. The van der Waals surface area contributed by atoms with Crippen LogP contribution < -0.4 is 0 Å². The summed E-state index contributed by atoms with van der Waals surface area (Å²) in [6, 6.07) is 65.5. The Bertz CT molecular complexity index is 3260. The minimum Gasteiger partial charge on any atom is -0.456 e. The van der Waals surface area contributed by atoms with E-state index < -0.39 is 0 Å². The van der Waals surface area contributed by atoms with Crippen LogP contribution in [0, 0.1) is 0 Å². The summed E-state index contributed by atoms with van der Waals surface area (Å²) >= 11 is 0. The number of hydrogen-bond acceptors (Lipinski definition) is 4. The summed E-state index contributed by atoms with van der Waals surface area (Å²) in [5, 5.41) is 6.45. The lowest BCUT2D eigenvalue weighted by Gasteiger charge is -2.16. The lowest BCUT2D eigenvalue weighted by atomic mass is 9.88. The summed E-state index contributed by atoms with van der Waals surface area (Å²) < 4.78 is 6.66. The third-order valence-electron chi connectivity index (χ3n) is 10.6. The van der Waals surface area contributed by atoms with Gasteiger partial charge in [-0.25, -0.2) is 15.0 Å². The molecular weight excluding hydrogens is 671 g/mol. The molecule has 3 aromatic heterocycles. The zero-order valence-corrected chi connectivity index (χ0v) is 29.6. The normalized spacial score (nSPS) is 11.6. The summed E-state index contributed by atoms with van der Waals surface area (Å²) in [5.74, 6) is 0.690. The van der Waals surface area contributed by atoms with Gasteiger partial charge in [0.2, 0.25) is 0 Å². The number of furan rings is 1. The van der Waals surface area contributed by atoms with Gasteiger partial charge >= 0.3 is 0 Å². The second kappa shape index (κ2) is 12.6. The van der Waals surface area contributed by atoms with E-state index in [0.29, 0.717) is 5.82 Å². The zero-order chi connectivity index (χ0) is 36.3. The van der Waals surface area contributed by atoms with Gasteiger partial charge in [-0.05, 0) is 53.1 Å². The maximum Gasteiger partial charge on any atom is 0.160 e. The van der Waals surface area contributed by atoms with Crippen LogP contribution in [-0.4, -0.2) is 15.0 Å². The summed E-state index contributed by atoms with van der Waals surface area (Å²) in [6.45, 7) is 0. The molecule has 0 N–H and O–H groups in total. The molecule has 0 aliphatic heterocycles. The highest BCUT2D eigenvalue weighted by Gasteiger charge is 2.22. The molecule has 0 spiro atoms. The van der Waals surface area contributed by atoms with Crippen LogP contribution >= 0.6 is 0 Å². The van der Waals surface area contributed by atoms with E-state index in [2.05, 4.69) is 164 Å². The van der Waals surface area contributed by atoms with Gasteiger partial charge in [0.25, 0.3) is 0 Å². The van der Waals surface area contributed by atoms with Gasteiger partial charge in [-0.2, -0.15) is 0 Å². The van der Waals surface area contributed by atoms with E-state index in [-0.39, 0.29) is 0 Å². The van der Waals surface area contributed by atoms with Crippen LogP contribution in [0.15, 0.2) is 192 Å². The van der Waals surface area contributed by atoms with Crippen molar-refractivity contribution in [2.45, 2.75) is 0 Å². The Balaban J connectivity index is 1.20. The maximum atomic E-state index is 6.66. The van der Waals surface area contributed by atoms with Crippen molar-refractivity contribution in [3.63, 3.8) is 0 Å². The lowest BCUT2D eigenvalue weighted by Crippen LogP contribution is -1.96. The average molecular weight is 702 g/mol. The SMILES string of the molecule is c1ccc(-c2cccc(-c3nc(-c4cccc(-c5c6c(cc7c(-c8ccccc8)nc8ccccc8c57)oc5ccccc56)c4)c4ccccc4n3)c2)cc1. The molecule has 0 fully saturated rings. The fourth-order valence-electron chi connectivity index (χ4n) is 8.14. The molecule has 8 aromatic carbocycles. The predicted molar refractivity (Wildman–Crippen MR) is 227 cm³/mol. The van der Waals surface area contributed by atoms with E-state index in [1.165, 1.54) is 0 Å². The second-order valence-corrected chi connectivity index (χ2v) is 13.9. The number of rotatable bonds is 5. The molecule has 0 saturated heterocycles. The monoisotopic (exact) mass is 701 g/mol. The molecule has 0 atom stereocenters. The van der Waals surface area contributed by atoms with E-state index in [1.807, 2.05) is 24.3 Å². The fraction of sp³-hybridized carbons (Fsp3) is 0. The third kappa shape index (κ3) is 5.19. The lowest BCUT2D eigenvalue weighted by molar-refractivity contribution is 0.669. The molecule has 55 heavy (non-hydrogen) atoms. The Kier molecular flexibility index (Phi) is 7.14. The van der Waals surface area contributed by atoms with Crippen molar-refractivity contribution < 1.29 is 4.42 Å². The van der Waals surface area contributed by atoms with Crippen LogP contribution in [-0.2, 0) is 0 Å². The number of aromatic nitrogens is 3. The van der Waals surface area contributed by atoms with Crippen LogP contribution in [0.4, 0.5) is 0 Å². The molecular formula is C51H31N3O. The van der Waals surface area contributed by atoms with Gasteiger partial charge in [-0.1, -0.05) is 152 Å². The fourth-order valence-corrected chi connectivity index (χ4v) is 8.14. The summed E-state index contributed by atoms with van der Waals surface area (Å²) in [6.07, 6.45) is 0. The molecule has 0 aliphatic carbocycles. The van der Waals surface area contributed by atoms with Gasteiger partial charge in [0, 0.05) is 54.6 Å². The molecule has 256 valence electrons. The van der Waals surface area contributed by atoms with Crippen molar-refractivity contribution in [1.29, 1.82) is 0 Å². The van der Waals surface area contributed by atoms with Gasteiger partial charge in [-0.15, -0.1) is 0 Å². The highest BCUT2D eigenvalue weighted by atomic mass is 16.3. The van der Waals surface area contributed by atoms with Crippen LogP contribution in [0.5, 0.6) is 0 Å². The highest BCUT2D eigenvalue weighted by Crippen LogP contribution is 2.47. The van der Waals surface area contributed by atoms with E-state index in [4.69, 9.17) is 19.4 Å². The highest BCUT2D eigenvalue weighted by molar-refractivity contribution is 6.27. The van der Waals surface area contributed by atoms with Crippen LogP contribution in [0.3, 0.4) is 0 Å². The van der Waals surface area contributed by atoms with Gasteiger partial charge in [0.05, 0.1) is 22.4 Å². The number of fused-ring (bicyclic) bond motifs is 7. The molecule has 3 heterocycles. The molecule has 11 aromatic rings. The second-order valence-electron chi connectivity index (χ2n) is 13.9. The van der Waals surface area contributed by atoms with Gasteiger partial charge in [0.1, 0.15) is 11.2 Å². The van der Waals surface area contributed by atoms with Crippen molar-refractivity contribution in [2.75, 3.05) is 0 Å². The average Bonchev–Trinajstić information content (AvgIpc) is 3.64. The Morgan fingerprint density at radius 1 is 0.309 bits per heavy atom. The third-order valence-corrected chi connectivity index (χ3v) is 10.6. The van der Waals surface area contributed by atoms with Crippen molar-refractivity contribution in [2.24, 2.45) is 0 Å². The molecule has 0 aliphatic rings. The Labute approximate surface area is 317 Å². The molecule has 0 unspecified atom stereocenters. The largest absolute Gasteiger partial charge is 0.456 e. The molecule has 0 amide bonds. The Hall–Kier alpha value is -7.43. The van der Waals surface area contributed by atoms with E-state index in [9.17, 15) is 0 Å². The molecule has 11 rings (SSSR count). The summed E-state index contributed by atoms with van der Waals surface area (Å²) in [7, 11) is 0. The van der Waals surface area contributed by atoms with Crippen LogP contribution in [0.2, 0.25) is 0 Å². The van der Waals surface area contributed by atoms with Crippen LogP contribution in [0.1, 0.15) is 0 Å². The molecule has 0 radical (unpaired) electrons. The number of pyridine rings is 1. The molecule has 4 nitrogen and oxygen atoms in total. The first-order chi connectivity index (χ1) is 27.3. The van der Waals surface area contributed by atoms with Crippen molar-refractivity contribution in [1.82, 2.24) is 15.0 Å². The molecule has 0 saturated carbocycles. The minimum absolute atomic E-state index is 0.690. The quantitative estimate of drug-likeness (QED) is 0.168. The predicted octanol–water partition coefficient (Wildman–Crippen LogP) is 13.6. The van der Waals surface area contributed by atoms with Crippen molar-refractivity contribution in [3.05, 3.63) is 188 Å². The van der Waals surface area contributed by atoms with Crippen LogP contribution in [0.25, 0.3) is 111 Å². The number of para-hydroxylation sites is 3. The van der Waals surface area contributed by atoms with Crippen molar-refractivity contribution >= 4 is 54.5 Å². The van der Waals surface area contributed by atoms with E-state index in [0.717, 1.165) is 105 Å². The first-order valence-electron chi connectivity index (χ1n) is 18.5. The smallest absolute Gasteiger partial charge is 0.160 e.